The number of carbonyl (C=O) groups is 2. The molecule has 0 bridgehead atoms. The Labute approximate surface area is 99.0 Å². The van der Waals surface area contributed by atoms with Gasteiger partial charge in [0.2, 0.25) is 5.76 Å². The van der Waals surface area contributed by atoms with Gasteiger partial charge in [0.05, 0.1) is 5.69 Å². The fourth-order valence-electron chi connectivity index (χ4n) is 1.40. The van der Waals surface area contributed by atoms with Gasteiger partial charge in [0.1, 0.15) is 0 Å². The average molecular weight is 240 g/mol. The second-order valence-corrected chi connectivity index (χ2v) is 3.99. The molecule has 0 radical (unpaired) electrons. The standard InChI is InChI=1S/C11H16N2O4/c1-7(4-3-5-10(14)15)12-11(16)9-6-8(2)13-17-9/h6-7H,3-5H2,1-2H3,(H,12,16)(H,14,15). The molecule has 94 valence electrons. The van der Waals surface area contributed by atoms with Crippen molar-refractivity contribution in [3.63, 3.8) is 0 Å². The monoisotopic (exact) mass is 240 g/mol. The molecule has 6 heteroatoms. The lowest BCUT2D eigenvalue weighted by molar-refractivity contribution is -0.137. The Hall–Kier alpha value is -1.85. The van der Waals surface area contributed by atoms with Crippen molar-refractivity contribution in [3.05, 3.63) is 17.5 Å². The fourth-order valence-corrected chi connectivity index (χ4v) is 1.40. The van der Waals surface area contributed by atoms with E-state index in [9.17, 15) is 9.59 Å². The zero-order valence-corrected chi connectivity index (χ0v) is 9.90. The molecule has 2 N–H and O–H groups in total. The van der Waals surface area contributed by atoms with Crippen LogP contribution in [0.15, 0.2) is 10.6 Å². The molecule has 1 aromatic heterocycles. The minimum atomic E-state index is -0.825. The molecule has 6 nitrogen and oxygen atoms in total. The Morgan fingerprint density at radius 3 is 2.82 bits per heavy atom. The van der Waals surface area contributed by atoms with E-state index in [1.807, 2.05) is 6.92 Å². The van der Waals surface area contributed by atoms with Crippen LogP contribution in [0.2, 0.25) is 0 Å². The molecule has 0 aliphatic carbocycles. The molecule has 0 aliphatic rings. The van der Waals surface area contributed by atoms with Crippen molar-refractivity contribution in [1.82, 2.24) is 10.5 Å². The van der Waals surface area contributed by atoms with Crippen molar-refractivity contribution < 1.29 is 19.2 Å². The molecule has 1 rings (SSSR count). The van der Waals surface area contributed by atoms with Crippen LogP contribution in [-0.4, -0.2) is 28.2 Å². The SMILES string of the molecule is Cc1cc(C(=O)NC(C)CCCC(=O)O)on1. The van der Waals surface area contributed by atoms with Gasteiger partial charge in [-0.25, -0.2) is 0 Å². The number of nitrogens with one attached hydrogen (secondary N) is 1. The van der Waals surface area contributed by atoms with Crippen LogP contribution < -0.4 is 5.32 Å². The molecule has 0 saturated heterocycles. The lowest BCUT2D eigenvalue weighted by atomic mass is 10.1. The van der Waals surface area contributed by atoms with Gasteiger partial charge in [-0.05, 0) is 26.7 Å². The lowest BCUT2D eigenvalue weighted by Gasteiger charge is -2.11. The van der Waals surface area contributed by atoms with E-state index < -0.39 is 5.97 Å². The van der Waals surface area contributed by atoms with Crippen molar-refractivity contribution in [2.45, 2.75) is 39.2 Å². The predicted octanol–water partition coefficient (Wildman–Crippen LogP) is 1.36. The zero-order valence-electron chi connectivity index (χ0n) is 9.90. The van der Waals surface area contributed by atoms with Gasteiger partial charge < -0.3 is 14.9 Å². The quantitative estimate of drug-likeness (QED) is 0.783. The summed E-state index contributed by atoms with van der Waals surface area (Å²) in [5.74, 6) is -0.976. The molecule has 0 fully saturated rings. The minimum Gasteiger partial charge on any atom is -0.481 e. The van der Waals surface area contributed by atoms with E-state index in [0.29, 0.717) is 18.5 Å². The second kappa shape index (κ2) is 6.03. The van der Waals surface area contributed by atoms with E-state index in [1.54, 1.807) is 13.0 Å². The first-order valence-electron chi connectivity index (χ1n) is 5.45. The topological polar surface area (TPSA) is 92.4 Å². The number of aryl methyl sites for hydroxylation is 1. The molecular weight excluding hydrogens is 224 g/mol. The first-order chi connectivity index (χ1) is 7.99. The summed E-state index contributed by atoms with van der Waals surface area (Å²) in [4.78, 5) is 21.9. The lowest BCUT2D eigenvalue weighted by Crippen LogP contribution is -2.32. The van der Waals surface area contributed by atoms with E-state index in [1.165, 1.54) is 0 Å². The Morgan fingerprint density at radius 1 is 1.59 bits per heavy atom. The van der Waals surface area contributed by atoms with Crippen LogP contribution in [0.25, 0.3) is 0 Å². The van der Waals surface area contributed by atoms with Gasteiger partial charge in [-0.15, -0.1) is 0 Å². The van der Waals surface area contributed by atoms with Gasteiger partial charge in [-0.2, -0.15) is 0 Å². The van der Waals surface area contributed by atoms with E-state index in [0.717, 1.165) is 0 Å². The van der Waals surface area contributed by atoms with Crippen molar-refractivity contribution in [2.75, 3.05) is 0 Å². The van der Waals surface area contributed by atoms with Crippen LogP contribution in [0.3, 0.4) is 0 Å². The third-order valence-corrected chi connectivity index (χ3v) is 2.26. The van der Waals surface area contributed by atoms with Gasteiger partial charge in [-0.3, -0.25) is 9.59 Å². The third kappa shape index (κ3) is 4.67. The highest BCUT2D eigenvalue weighted by atomic mass is 16.5. The van der Waals surface area contributed by atoms with Gasteiger partial charge in [0.15, 0.2) is 0 Å². The molecule has 0 saturated carbocycles. The number of aliphatic carboxylic acids is 1. The maximum atomic E-state index is 11.6. The molecule has 0 aromatic carbocycles. The molecule has 1 unspecified atom stereocenters. The van der Waals surface area contributed by atoms with Crippen LogP contribution in [-0.2, 0) is 4.79 Å². The number of nitrogens with zero attached hydrogens (tertiary/aromatic N) is 1. The summed E-state index contributed by atoms with van der Waals surface area (Å²) in [7, 11) is 0. The molecule has 1 amide bonds. The number of hydrogen-bond donors (Lipinski definition) is 2. The highest BCUT2D eigenvalue weighted by molar-refractivity contribution is 5.91. The molecule has 1 atom stereocenters. The maximum absolute atomic E-state index is 11.6. The summed E-state index contributed by atoms with van der Waals surface area (Å²) in [6, 6.07) is 1.46. The molecule has 17 heavy (non-hydrogen) atoms. The number of carboxylic acid groups (broad SMARTS) is 1. The smallest absolute Gasteiger partial charge is 0.303 e. The first kappa shape index (κ1) is 13.2. The second-order valence-electron chi connectivity index (χ2n) is 3.99. The Bertz CT molecular complexity index is 400. The van der Waals surface area contributed by atoms with E-state index in [4.69, 9.17) is 9.63 Å². The van der Waals surface area contributed by atoms with Crippen molar-refractivity contribution in [3.8, 4) is 0 Å². The maximum Gasteiger partial charge on any atom is 0.303 e. The van der Waals surface area contributed by atoms with Gasteiger partial charge in [0, 0.05) is 18.5 Å². The predicted molar refractivity (Wildman–Crippen MR) is 59.7 cm³/mol. The summed E-state index contributed by atoms with van der Waals surface area (Å²) in [5.41, 5.74) is 0.647. The highest BCUT2D eigenvalue weighted by Crippen LogP contribution is 2.05. The van der Waals surface area contributed by atoms with Crippen LogP contribution in [0.5, 0.6) is 0 Å². The third-order valence-electron chi connectivity index (χ3n) is 2.26. The van der Waals surface area contributed by atoms with Gasteiger partial charge in [-0.1, -0.05) is 5.16 Å². The first-order valence-corrected chi connectivity index (χ1v) is 5.45. The Morgan fingerprint density at radius 2 is 2.29 bits per heavy atom. The summed E-state index contributed by atoms with van der Waals surface area (Å²) >= 11 is 0. The van der Waals surface area contributed by atoms with Crippen LogP contribution in [0.4, 0.5) is 0 Å². The summed E-state index contributed by atoms with van der Waals surface area (Å²) in [6.07, 6.45) is 1.26. The van der Waals surface area contributed by atoms with E-state index in [-0.39, 0.29) is 24.1 Å². The van der Waals surface area contributed by atoms with Crippen molar-refractivity contribution in [2.24, 2.45) is 0 Å². The molecule has 1 aromatic rings. The Balaban J connectivity index is 2.33. The molecule has 0 aliphatic heterocycles. The Kier molecular flexibility index (Phi) is 4.68. The number of rotatable bonds is 6. The molecular formula is C11H16N2O4. The number of hydrogen-bond acceptors (Lipinski definition) is 4. The van der Waals surface area contributed by atoms with Crippen LogP contribution in [0, 0.1) is 6.92 Å². The molecule has 1 heterocycles. The minimum absolute atomic E-state index is 0.0905. The average Bonchev–Trinajstić information content (AvgIpc) is 2.64. The summed E-state index contributed by atoms with van der Waals surface area (Å²) in [5, 5.41) is 14.8. The number of carbonyl (C=O) groups excluding carboxylic acids is 1. The van der Waals surface area contributed by atoms with Gasteiger partial charge in [0.25, 0.3) is 5.91 Å². The van der Waals surface area contributed by atoms with E-state index in [2.05, 4.69) is 10.5 Å². The van der Waals surface area contributed by atoms with Crippen LogP contribution in [0.1, 0.15) is 42.4 Å². The molecule has 0 spiro atoms. The largest absolute Gasteiger partial charge is 0.481 e. The van der Waals surface area contributed by atoms with Crippen LogP contribution >= 0.6 is 0 Å². The summed E-state index contributed by atoms with van der Waals surface area (Å²) in [6.45, 7) is 3.56. The number of amides is 1. The number of aromatic nitrogens is 1. The number of carboxylic acids is 1. The van der Waals surface area contributed by atoms with E-state index >= 15 is 0 Å². The highest BCUT2D eigenvalue weighted by Gasteiger charge is 2.14. The van der Waals surface area contributed by atoms with Gasteiger partial charge >= 0.3 is 5.97 Å². The fraction of sp³-hybridized carbons (Fsp3) is 0.545. The zero-order chi connectivity index (χ0) is 12.8. The van der Waals surface area contributed by atoms with Crippen molar-refractivity contribution >= 4 is 11.9 Å². The summed E-state index contributed by atoms with van der Waals surface area (Å²) < 4.78 is 4.81. The normalized spacial score (nSPS) is 12.1. The van der Waals surface area contributed by atoms with Crippen molar-refractivity contribution in [1.29, 1.82) is 0 Å².